The lowest BCUT2D eigenvalue weighted by atomic mass is 10.2. The van der Waals surface area contributed by atoms with Crippen LogP contribution in [-0.2, 0) is 10.0 Å². The van der Waals surface area contributed by atoms with E-state index in [2.05, 4.69) is 24.1 Å². The Kier molecular flexibility index (Phi) is 6.77. The van der Waals surface area contributed by atoms with Crippen LogP contribution in [0.1, 0.15) is 37.0 Å². The second kappa shape index (κ2) is 8.60. The average molecular weight is 353 g/mol. The van der Waals surface area contributed by atoms with Gasteiger partial charge in [0.2, 0.25) is 10.0 Å². The van der Waals surface area contributed by atoms with Crippen molar-refractivity contribution in [3.63, 3.8) is 0 Å². The Hall–Kier alpha value is -1.44. The highest BCUT2D eigenvalue weighted by atomic mass is 32.2. The lowest BCUT2D eigenvalue weighted by molar-refractivity contribution is 0.0948. The van der Waals surface area contributed by atoms with Crippen molar-refractivity contribution in [2.45, 2.75) is 31.6 Å². The van der Waals surface area contributed by atoms with E-state index >= 15 is 0 Å². The summed E-state index contributed by atoms with van der Waals surface area (Å²) in [7, 11) is -3.49. The second-order valence-electron chi connectivity index (χ2n) is 5.92. The largest absolute Gasteiger partial charge is 0.351 e. The summed E-state index contributed by atoms with van der Waals surface area (Å²) in [6.45, 7) is 8.49. The van der Waals surface area contributed by atoms with Crippen LogP contribution in [0.5, 0.6) is 0 Å². The number of nitrogens with zero attached hydrogens (tertiary/aromatic N) is 2. The first-order valence-corrected chi connectivity index (χ1v) is 10.0. The molecule has 0 saturated carbocycles. The summed E-state index contributed by atoms with van der Waals surface area (Å²) in [5, 5.41) is 2.86. The summed E-state index contributed by atoms with van der Waals surface area (Å²) in [5.41, 5.74) is 0.384. The molecular weight excluding hydrogens is 326 g/mol. The van der Waals surface area contributed by atoms with Crippen molar-refractivity contribution >= 4 is 15.9 Å². The molecule has 2 rings (SSSR count). The zero-order chi connectivity index (χ0) is 17.6. The number of likely N-dealkylation sites (N-methyl/N-ethyl adjacent to an activating group) is 1. The molecule has 0 unspecified atom stereocenters. The molecule has 1 aromatic carbocycles. The van der Waals surface area contributed by atoms with Gasteiger partial charge in [0.25, 0.3) is 5.91 Å². The molecular formula is C17H27N3O3S. The molecule has 1 N–H and O–H groups in total. The third-order valence-electron chi connectivity index (χ3n) is 4.41. The van der Waals surface area contributed by atoms with Gasteiger partial charge in [-0.25, -0.2) is 8.42 Å². The lowest BCUT2D eigenvalue weighted by Gasteiger charge is -2.18. The molecule has 0 bridgehead atoms. The van der Waals surface area contributed by atoms with Crippen LogP contribution in [0, 0.1) is 0 Å². The maximum absolute atomic E-state index is 12.6. The maximum Gasteiger partial charge on any atom is 0.251 e. The number of hydrogen-bond donors (Lipinski definition) is 1. The van der Waals surface area contributed by atoms with Gasteiger partial charge in [0.05, 0.1) is 4.90 Å². The highest BCUT2D eigenvalue weighted by Crippen LogP contribution is 2.21. The number of carbonyl (C=O) groups excluding carboxylic acids is 1. The van der Waals surface area contributed by atoms with Crippen LogP contribution in [-0.4, -0.2) is 62.8 Å². The van der Waals surface area contributed by atoms with Gasteiger partial charge in [0.1, 0.15) is 0 Å². The third kappa shape index (κ3) is 4.55. The molecule has 0 radical (unpaired) electrons. The van der Waals surface area contributed by atoms with Crippen LogP contribution < -0.4 is 5.32 Å². The Morgan fingerprint density at radius 2 is 1.88 bits per heavy atom. The van der Waals surface area contributed by atoms with E-state index in [1.165, 1.54) is 10.4 Å². The number of nitrogens with one attached hydrogen (secondary N) is 1. The SMILES string of the molecule is CCN(CC)CCNC(=O)c1cccc(S(=O)(=O)N2CCCC2)c1. The first-order valence-electron chi connectivity index (χ1n) is 8.59. The minimum Gasteiger partial charge on any atom is -0.351 e. The monoisotopic (exact) mass is 353 g/mol. The van der Waals surface area contributed by atoms with Gasteiger partial charge in [-0.05, 0) is 44.1 Å². The number of carbonyl (C=O) groups is 1. The molecule has 1 amide bonds. The van der Waals surface area contributed by atoms with Gasteiger partial charge in [0, 0.05) is 31.7 Å². The standard InChI is InChI=1S/C17H27N3O3S/c1-3-19(4-2)13-10-18-17(21)15-8-7-9-16(14-15)24(22,23)20-11-5-6-12-20/h7-9,14H,3-6,10-13H2,1-2H3,(H,18,21). The number of hydrogen-bond acceptors (Lipinski definition) is 4. The number of rotatable bonds is 8. The maximum atomic E-state index is 12.6. The van der Waals surface area contributed by atoms with Gasteiger partial charge in [-0.1, -0.05) is 19.9 Å². The summed E-state index contributed by atoms with van der Waals surface area (Å²) in [6.07, 6.45) is 1.79. The topological polar surface area (TPSA) is 69.7 Å². The second-order valence-corrected chi connectivity index (χ2v) is 7.86. The van der Waals surface area contributed by atoms with Crippen molar-refractivity contribution < 1.29 is 13.2 Å². The minimum absolute atomic E-state index is 0.195. The molecule has 1 aliphatic heterocycles. The van der Waals surface area contributed by atoms with Crippen molar-refractivity contribution in [1.29, 1.82) is 0 Å². The predicted octanol–water partition coefficient (Wildman–Crippen LogP) is 1.54. The van der Waals surface area contributed by atoms with Gasteiger partial charge in [0.15, 0.2) is 0 Å². The summed E-state index contributed by atoms with van der Waals surface area (Å²) in [5.74, 6) is -0.236. The first-order chi connectivity index (χ1) is 11.5. The Morgan fingerprint density at radius 1 is 1.21 bits per heavy atom. The Morgan fingerprint density at radius 3 is 2.50 bits per heavy atom. The fourth-order valence-electron chi connectivity index (χ4n) is 2.84. The Balaban J connectivity index is 2.03. The van der Waals surface area contributed by atoms with Crippen LogP contribution in [0.15, 0.2) is 29.2 Å². The molecule has 0 atom stereocenters. The van der Waals surface area contributed by atoms with Crippen LogP contribution in [0.4, 0.5) is 0 Å². The highest BCUT2D eigenvalue weighted by molar-refractivity contribution is 7.89. The van der Waals surface area contributed by atoms with E-state index in [1.807, 2.05) is 0 Å². The molecule has 1 aromatic rings. The van der Waals surface area contributed by atoms with E-state index in [1.54, 1.807) is 18.2 Å². The van der Waals surface area contributed by atoms with Gasteiger partial charge < -0.3 is 10.2 Å². The van der Waals surface area contributed by atoms with E-state index < -0.39 is 10.0 Å². The van der Waals surface area contributed by atoms with Crippen LogP contribution in [0.2, 0.25) is 0 Å². The third-order valence-corrected chi connectivity index (χ3v) is 6.30. The molecule has 7 heteroatoms. The van der Waals surface area contributed by atoms with Gasteiger partial charge >= 0.3 is 0 Å². The summed E-state index contributed by atoms with van der Waals surface area (Å²) >= 11 is 0. The molecule has 1 aliphatic rings. The highest BCUT2D eigenvalue weighted by Gasteiger charge is 2.27. The van der Waals surface area contributed by atoms with Crippen molar-refractivity contribution in [3.8, 4) is 0 Å². The predicted molar refractivity (Wildman–Crippen MR) is 94.6 cm³/mol. The molecule has 0 aromatic heterocycles. The first kappa shape index (κ1) is 18.9. The smallest absolute Gasteiger partial charge is 0.251 e. The van der Waals surface area contributed by atoms with E-state index in [0.717, 1.165) is 32.5 Å². The minimum atomic E-state index is -3.49. The summed E-state index contributed by atoms with van der Waals surface area (Å²) < 4.78 is 26.6. The fraction of sp³-hybridized carbons (Fsp3) is 0.588. The molecule has 1 saturated heterocycles. The zero-order valence-corrected chi connectivity index (χ0v) is 15.3. The fourth-order valence-corrected chi connectivity index (χ4v) is 4.41. The van der Waals surface area contributed by atoms with Gasteiger partial charge in [-0.15, -0.1) is 0 Å². The number of amides is 1. The van der Waals surface area contributed by atoms with Crippen molar-refractivity contribution in [1.82, 2.24) is 14.5 Å². The Bertz CT molecular complexity index is 651. The molecule has 1 fully saturated rings. The van der Waals surface area contributed by atoms with Crippen LogP contribution >= 0.6 is 0 Å². The lowest BCUT2D eigenvalue weighted by Crippen LogP contribution is -2.35. The molecule has 0 spiro atoms. The van der Waals surface area contributed by atoms with Crippen molar-refractivity contribution in [2.24, 2.45) is 0 Å². The van der Waals surface area contributed by atoms with Gasteiger partial charge in [-0.2, -0.15) is 4.31 Å². The van der Waals surface area contributed by atoms with Crippen LogP contribution in [0.3, 0.4) is 0 Å². The molecule has 24 heavy (non-hydrogen) atoms. The zero-order valence-electron chi connectivity index (χ0n) is 14.5. The van der Waals surface area contributed by atoms with E-state index in [9.17, 15) is 13.2 Å². The average Bonchev–Trinajstić information content (AvgIpc) is 3.14. The van der Waals surface area contributed by atoms with E-state index in [-0.39, 0.29) is 10.8 Å². The van der Waals surface area contributed by atoms with E-state index in [0.29, 0.717) is 25.2 Å². The summed E-state index contributed by atoms with van der Waals surface area (Å²) in [4.78, 5) is 14.7. The van der Waals surface area contributed by atoms with Crippen molar-refractivity contribution in [2.75, 3.05) is 39.3 Å². The molecule has 134 valence electrons. The van der Waals surface area contributed by atoms with Crippen molar-refractivity contribution in [3.05, 3.63) is 29.8 Å². The molecule has 1 heterocycles. The summed E-state index contributed by atoms with van der Waals surface area (Å²) in [6, 6.07) is 6.30. The number of benzene rings is 1. The number of sulfonamides is 1. The normalized spacial score (nSPS) is 15.8. The quantitative estimate of drug-likeness (QED) is 0.770. The molecule has 6 nitrogen and oxygen atoms in total. The molecule has 0 aliphatic carbocycles. The Labute approximate surface area is 144 Å². The van der Waals surface area contributed by atoms with E-state index in [4.69, 9.17) is 0 Å². The van der Waals surface area contributed by atoms with Gasteiger partial charge in [-0.3, -0.25) is 4.79 Å². The van der Waals surface area contributed by atoms with Crippen LogP contribution in [0.25, 0.3) is 0 Å².